The lowest BCUT2D eigenvalue weighted by atomic mass is 10.1. The summed E-state index contributed by atoms with van der Waals surface area (Å²) < 4.78 is 5.49. The van der Waals surface area contributed by atoms with E-state index in [9.17, 15) is 0 Å². The van der Waals surface area contributed by atoms with Gasteiger partial charge in [0.25, 0.3) is 0 Å². The first-order chi connectivity index (χ1) is 6.86. The van der Waals surface area contributed by atoms with Crippen LogP contribution in [0.15, 0.2) is 36.6 Å². The van der Waals surface area contributed by atoms with E-state index in [-0.39, 0.29) is 0 Å². The maximum atomic E-state index is 5.49. The molecule has 1 saturated heterocycles. The van der Waals surface area contributed by atoms with E-state index >= 15 is 0 Å². The highest BCUT2D eigenvalue weighted by Crippen LogP contribution is 2.30. The van der Waals surface area contributed by atoms with Gasteiger partial charge in [0, 0.05) is 11.0 Å². The van der Waals surface area contributed by atoms with E-state index in [1.54, 1.807) is 0 Å². The highest BCUT2D eigenvalue weighted by molar-refractivity contribution is 8.06. The number of thioether (sulfide) groups is 1. The molecule has 1 nitrogen and oxygen atoms in total. The van der Waals surface area contributed by atoms with E-state index in [0.29, 0.717) is 0 Å². The minimum absolute atomic E-state index is 0.745. The number of hydrogen-bond acceptors (Lipinski definition) is 2. The van der Waals surface area contributed by atoms with Crippen LogP contribution in [0.25, 0.3) is 5.57 Å². The summed E-state index contributed by atoms with van der Waals surface area (Å²) in [5, 5.41) is 0.745. The van der Waals surface area contributed by atoms with Gasteiger partial charge in [-0.15, -0.1) is 0 Å². The molecule has 2 heteroatoms. The highest BCUT2D eigenvalue weighted by atomic mass is 32.2. The zero-order valence-corrected chi connectivity index (χ0v) is 9.09. The van der Waals surface area contributed by atoms with Crippen LogP contribution in [0.4, 0.5) is 0 Å². The van der Waals surface area contributed by atoms with Crippen molar-refractivity contribution in [1.82, 2.24) is 0 Å². The second-order valence-electron chi connectivity index (χ2n) is 3.46. The van der Waals surface area contributed by atoms with Crippen LogP contribution < -0.4 is 0 Å². The minimum Gasteiger partial charge on any atom is -0.500 e. The smallest absolute Gasteiger partial charge is 0.1000 e. The van der Waals surface area contributed by atoms with Gasteiger partial charge in [-0.1, -0.05) is 30.3 Å². The molecule has 0 amide bonds. The molecule has 1 aromatic rings. The molecule has 1 fully saturated rings. The molecule has 0 N–H and O–H groups in total. The summed E-state index contributed by atoms with van der Waals surface area (Å²) in [5.74, 6) is 1.26. The first kappa shape index (κ1) is 9.66. The van der Waals surface area contributed by atoms with Crippen LogP contribution >= 0.6 is 11.8 Å². The lowest BCUT2D eigenvalue weighted by Gasteiger charge is -2.02. The predicted molar refractivity (Wildman–Crippen MR) is 62.3 cm³/mol. The normalized spacial score (nSPS) is 20.6. The number of benzene rings is 1. The molecule has 0 aliphatic carbocycles. The first-order valence-corrected chi connectivity index (χ1v) is 5.86. The molecule has 0 aromatic heterocycles. The van der Waals surface area contributed by atoms with Gasteiger partial charge in [0.2, 0.25) is 0 Å². The molecule has 1 aromatic carbocycles. The average Bonchev–Trinajstić information content (AvgIpc) is 3.03. The molecule has 0 saturated carbocycles. The van der Waals surface area contributed by atoms with Gasteiger partial charge in [-0.05, 0) is 18.1 Å². The fourth-order valence-electron chi connectivity index (χ4n) is 1.21. The fraction of sp³-hybridized carbons (Fsp3) is 0.333. The van der Waals surface area contributed by atoms with Crippen molar-refractivity contribution in [3.05, 3.63) is 42.2 Å². The fourth-order valence-corrected chi connectivity index (χ4v) is 1.62. The SMILES string of the molecule is C/C(=C/OCC1CS1)c1ccccc1. The molecule has 1 aliphatic rings. The maximum Gasteiger partial charge on any atom is 0.1000 e. The number of hydrogen-bond donors (Lipinski definition) is 0. The van der Waals surface area contributed by atoms with Crippen molar-refractivity contribution < 1.29 is 4.74 Å². The average molecular weight is 206 g/mol. The summed E-state index contributed by atoms with van der Waals surface area (Å²) in [4.78, 5) is 0. The van der Waals surface area contributed by atoms with Crippen molar-refractivity contribution in [2.24, 2.45) is 0 Å². The highest BCUT2D eigenvalue weighted by Gasteiger charge is 2.22. The first-order valence-electron chi connectivity index (χ1n) is 4.81. The summed E-state index contributed by atoms with van der Waals surface area (Å²) >= 11 is 1.96. The Balaban J connectivity index is 1.89. The van der Waals surface area contributed by atoms with Crippen LogP contribution in [0, 0.1) is 0 Å². The Morgan fingerprint density at radius 2 is 2.21 bits per heavy atom. The lowest BCUT2D eigenvalue weighted by Crippen LogP contribution is -1.94. The maximum absolute atomic E-state index is 5.49. The molecule has 1 atom stereocenters. The van der Waals surface area contributed by atoms with Gasteiger partial charge in [0.15, 0.2) is 0 Å². The molecule has 74 valence electrons. The Labute approximate surface area is 89.2 Å². The van der Waals surface area contributed by atoms with Crippen molar-refractivity contribution >= 4 is 17.3 Å². The third-order valence-electron chi connectivity index (χ3n) is 2.17. The van der Waals surface area contributed by atoms with Crippen molar-refractivity contribution in [1.29, 1.82) is 0 Å². The van der Waals surface area contributed by atoms with E-state index in [4.69, 9.17) is 4.74 Å². The van der Waals surface area contributed by atoms with E-state index < -0.39 is 0 Å². The summed E-state index contributed by atoms with van der Waals surface area (Å²) in [6.07, 6.45) is 1.87. The van der Waals surface area contributed by atoms with Crippen molar-refractivity contribution in [2.45, 2.75) is 12.2 Å². The molecule has 2 rings (SSSR count). The molecule has 1 unspecified atom stereocenters. The van der Waals surface area contributed by atoms with Crippen LogP contribution in [0.5, 0.6) is 0 Å². The van der Waals surface area contributed by atoms with Gasteiger partial charge in [-0.2, -0.15) is 11.8 Å². The number of allylic oxidation sites excluding steroid dienone is 1. The lowest BCUT2D eigenvalue weighted by molar-refractivity contribution is 0.262. The van der Waals surface area contributed by atoms with Crippen LogP contribution in [0.2, 0.25) is 0 Å². The second-order valence-corrected chi connectivity index (χ2v) is 4.79. The van der Waals surface area contributed by atoms with Crippen molar-refractivity contribution in [2.75, 3.05) is 12.4 Å². The van der Waals surface area contributed by atoms with Gasteiger partial charge in [-0.3, -0.25) is 0 Å². The zero-order valence-electron chi connectivity index (χ0n) is 8.27. The second kappa shape index (κ2) is 4.56. The molecule has 0 radical (unpaired) electrons. The van der Waals surface area contributed by atoms with Crippen molar-refractivity contribution in [3.8, 4) is 0 Å². The Kier molecular flexibility index (Phi) is 3.14. The largest absolute Gasteiger partial charge is 0.500 e. The van der Waals surface area contributed by atoms with Gasteiger partial charge >= 0.3 is 0 Å². The summed E-state index contributed by atoms with van der Waals surface area (Å²) in [6.45, 7) is 2.93. The van der Waals surface area contributed by atoms with E-state index in [0.717, 1.165) is 11.9 Å². The molecular weight excluding hydrogens is 192 g/mol. The van der Waals surface area contributed by atoms with Crippen molar-refractivity contribution in [3.63, 3.8) is 0 Å². The van der Waals surface area contributed by atoms with Crippen LogP contribution in [-0.2, 0) is 4.74 Å². The predicted octanol–water partition coefficient (Wildman–Crippen LogP) is 3.18. The number of ether oxygens (including phenoxy) is 1. The molecule has 1 heterocycles. The Morgan fingerprint density at radius 1 is 1.50 bits per heavy atom. The molecule has 0 bridgehead atoms. The molecular formula is C12H14OS. The molecule has 1 aliphatic heterocycles. The minimum atomic E-state index is 0.745. The van der Waals surface area contributed by atoms with Crippen LogP contribution in [0.1, 0.15) is 12.5 Å². The Morgan fingerprint density at radius 3 is 2.86 bits per heavy atom. The monoisotopic (exact) mass is 206 g/mol. The summed E-state index contributed by atoms with van der Waals surface area (Å²) in [6, 6.07) is 10.3. The third-order valence-corrected chi connectivity index (χ3v) is 3.11. The topological polar surface area (TPSA) is 9.23 Å². The van der Waals surface area contributed by atoms with Crippen LogP contribution in [0.3, 0.4) is 0 Å². The standard InChI is InChI=1S/C12H14OS/c1-10(7-13-8-12-9-14-12)11-5-3-2-4-6-11/h2-7,12H,8-9H2,1H3/b10-7-. The third kappa shape index (κ3) is 2.81. The van der Waals surface area contributed by atoms with Gasteiger partial charge in [0.05, 0.1) is 12.9 Å². The van der Waals surface area contributed by atoms with Gasteiger partial charge < -0.3 is 4.74 Å². The van der Waals surface area contributed by atoms with E-state index in [1.807, 2.05) is 36.2 Å². The zero-order chi connectivity index (χ0) is 9.80. The molecule has 0 spiro atoms. The molecule has 14 heavy (non-hydrogen) atoms. The van der Waals surface area contributed by atoms with Crippen LogP contribution in [-0.4, -0.2) is 17.6 Å². The van der Waals surface area contributed by atoms with E-state index in [2.05, 4.69) is 19.1 Å². The number of rotatable bonds is 4. The summed E-state index contributed by atoms with van der Waals surface area (Å²) in [7, 11) is 0. The Hall–Kier alpha value is -0.890. The Bertz CT molecular complexity index is 314. The summed E-state index contributed by atoms with van der Waals surface area (Å²) in [5.41, 5.74) is 2.42. The van der Waals surface area contributed by atoms with E-state index in [1.165, 1.54) is 16.9 Å². The quantitative estimate of drug-likeness (QED) is 0.552. The van der Waals surface area contributed by atoms with Gasteiger partial charge in [0.1, 0.15) is 0 Å². The van der Waals surface area contributed by atoms with Gasteiger partial charge in [-0.25, -0.2) is 0 Å².